The average Bonchev–Trinajstić information content (AvgIpc) is 3.20. The van der Waals surface area contributed by atoms with Crippen LogP contribution in [0.1, 0.15) is 11.1 Å². The van der Waals surface area contributed by atoms with E-state index >= 15 is 0 Å². The van der Waals surface area contributed by atoms with E-state index in [4.69, 9.17) is 11.6 Å². The van der Waals surface area contributed by atoms with Gasteiger partial charge in [0.25, 0.3) is 0 Å². The molecule has 180 valence electrons. The van der Waals surface area contributed by atoms with Crippen LogP contribution >= 0.6 is 11.6 Å². The molecule has 1 aromatic carbocycles. The molecule has 0 aliphatic carbocycles. The number of rotatable bonds is 6. The zero-order chi connectivity index (χ0) is 25.2. The summed E-state index contributed by atoms with van der Waals surface area (Å²) in [5.41, 5.74) is -0.319. The van der Waals surface area contributed by atoms with Gasteiger partial charge >= 0.3 is 6.18 Å². The maximum Gasteiger partial charge on any atom is 0.419 e. The molecule has 0 unspecified atom stereocenters. The van der Waals surface area contributed by atoms with E-state index in [0.717, 1.165) is 6.20 Å². The number of benzene rings is 1. The second kappa shape index (κ2) is 9.66. The molecule has 0 atom stereocenters. The van der Waals surface area contributed by atoms with Gasteiger partial charge in [0, 0.05) is 31.2 Å². The molecule has 2 N–H and O–H groups in total. The molecule has 4 aromatic rings. The highest BCUT2D eigenvalue weighted by Gasteiger charge is 2.34. The van der Waals surface area contributed by atoms with Crippen LogP contribution < -0.4 is 10.6 Å². The number of amides is 1. The quantitative estimate of drug-likeness (QED) is 0.282. The molecule has 0 bridgehead atoms. The monoisotopic (exact) mass is 505 g/mol. The van der Waals surface area contributed by atoms with Crippen LogP contribution in [0, 0.1) is 5.82 Å². The summed E-state index contributed by atoms with van der Waals surface area (Å²) in [4.78, 5) is 28.2. The number of aryl methyl sites for hydroxylation is 1. The van der Waals surface area contributed by atoms with Gasteiger partial charge in [-0.2, -0.15) is 13.2 Å². The number of hydrogen-bond acceptors (Lipinski definition) is 6. The van der Waals surface area contributed by atoms with Crippen LogP contribution in [0.15, 0.2) is 55.4 Å². The van der Waals surface area contributed by atoms with Crippen molar-refractivity contribution >= 4 is 35.0 Å². The summed E-state index contributed by atoms with van der Waals surface area (Å²) in [7, 11) is 1.82. The Morgan fingerprint density at radius 1 is 1.06 bits per heavy atom. The van der Waals surface area contributed by atoms with E-state index in [-0.39, 0.29) is 11.3 Å². The SMILES string of the molecule is Cn1cnc(Nc2ncc(-c3ccc(CC(=O)Nc4cnc(Cl)c(C(F)(F)F)c4)c(F)c3)cn2)c1. The first-order valence-electron chi connectivity index (χ1n) is 9.97. The van der Waals surface area contributed by atoms with Crippen molar-refractivity contribution in [3.8, 4) is 11.1 Å². The molecule has 0 saturated carbocycles. The van der Waals surface area contributed by atoms with Crippen LogP contribution in [0.5, 0.6) is 0 Å². The highest BCUT2D eigenvalue weighted by Crippen LogP contribution is 2.35. The van der Waals surface area contributed by atoms with Gasteiger partial charge in [0.05, 0.1) is 30.2 Å². The minimum atomic E-state index is -4.73. The van der Waals surface area contributed by atoms with E-state index in [0.29, 0.717) is 29.0 Å². The lowest BCUT2D eigenvalue weighted by atomic mass is 10.0. The fourth-order valence-electron chi connectivity index (χ4n) is 3.10. The average molecular weight is 506 g/mol. The van der Waals surface area contributed by atoms with Crippen molar-refractivity contribution in [1.29, 1.82) is 0 Å². The Morgan fingerprint density at radius 3 is 2.43 bits per heavy atom. The molecular weight excluding hydrogens is 490 g/mol. The second-order valence-corrected chi connectivity index (χ2v) is 7.79. The predicted octanol–water partition coefficient (Wildman–Crippen LogP) is 5.01. The van der Waals surface area contributed by atoms with Crippen LogP contribution in [-0.2, 0) is 24.4 Å². The van der Waals surface area contributed by atoms with Gasteiger partial charge in [0.15, 0.2) is 5.82 Å². The smallest absolute Gasteiger partial charge is 0.338 e. The van der Waals surface area contributed by atoms with Gasteiger partial charge in [0.1, 0.15) is 11.0 Å². The van der Waals surface area contributed by atoms with Gasteiger partial charge in [-0.25, -0.2) is 24.3 Å². The van der Waals surface area contributed by atoms with E-state index in [1.807, 2.05) is 7.05 Å². The number of imidazole rings is 1. The molecule has 1 amide bonds. The molecule has 0 saturated heterocycles. The maximum atomic E-state index is 14.7. The van der Waals surface area contributed by atoms with Gasteiger partial charge in [-0.3, -0.25) is 4.79 Å². The Morgan fingerprint density at radius 2 is 1.80 bits per heavy atom. The molecule has 0 aliphatic heterocycles. The van der Waals surface area contributed by atoms with Crippen molar-refractivity contribution in [3.63, 3.8) is 0 Å². The number of halogens is 5. The van der Waals surface area contributed by atoms with Gasteiger partial charge in [0.2, 0.25) is 11.9 Å². The van der Waals surface area contributed by atoms with E-state index < -0.39 is 35.0 Å². The lowest BCUT2D eigenvalue weighted by Crippen LogP contribution is -2.16. The lowest BCUT2D eigenvalue weighted by Gasteiger charge is -2.11. The summed E-state index contributed by atoms with van der Waals surface area (Å²) >= 11 is 5.47. The molecule has 13 heteroatoms. The van der Waals surface area contributed by atoms with E-state index in [1.165, 1.54) is 24.5 Å². The third-order valence-electron chi connectivity index (χ3n) is 4.76. The van der Waals surface area contributed by atoms with Crippen molar-refractivity contribution in [1.82, 2.24) is 24.5 Å². The minimum absolute atomic E-state index is 0.0542. The van der Waals surface area contributed by atoms with Crippen LogP contribution in [0.3, 0.4) is 0 Å². The number of pyridine rings is 1. The third kappa shape index (κ3) is 5.90. The lowest BCUT2D eigenvalue weighted by molar-refractivity contribution is -0.137. The van der Waals surface area contributed by atoms with Gasteiger partial charge < -0.3 is 15.2 Å². The van der Waals surface area contributed by atoms with Gasteiger partial charge in [-0.1, -0.05) is 23.7 Å². The third-order valence-corrected chi connectivity index (χ3v) is 5.06. The first kappa shape index (κ1) is 24.1. The molecule has 0 spiro atoms. The summed E-state index contributed by atoms with van der Waals surface area (Å²) in [6.07, 6.45) is 2.23. The number of anilines is 3. The maximum absolute atomic E-state index is 14.7. The Bertz CT molecular complexity index is 1370. The molecule has 35 heavy (non-hydrogen) atoms. The van der Waals surface area contributed by atoms with E-state index in [9.17, 15) is 22.4 Å². The van der Waals surface area contributed by atoms with Crippen molar-refractivity contribution in [2.45, 2.75) is 12.6 Å². The first-order chi connectivity index (χ1) is 16.6. The van der Waals surface area contributed by atoms with Crippen molar-refractivity contribution in [2.24, 2.45) is 7.05 Å². The zero-order valence-corrected chi connectivity index (χ0v) is 18.7. The summed E-state index contributed by atoms with van der Waals surface area (Å²) in [6, 6.07) is 4.88. The molecule has 3 aromatic heterocycles. The number of nitrogens with one attached hydrogen (secondary N) is 2. The summed E-state index contributed by atoms with van der Waals surface area (Å²) in [5, 5.41) is 4.47. The van der Waals surface area contributed by atoms with Crippen molar-refractivity contribution in [2.75, 3.05) is 10.6 Å². The summed E-state index contributed by atoms with van der Waals surface area (Å²) in [6.45, 7) is 0. The number of nitrogens with zero attached hydrogens (tertiary/aromatic N) is 5. The van der Waals surface area contributed by atoms with Crippen LogP contribution in [0.2, 0.25) is 5.15 Å². The Kier molecular flexibility index (Phi) is 6.65. The number of aromatic nitrogens is 5. The molecule has 0 radical (unpaired) electrons. The Labute approximate surface area is 201 Å². The van der Waals surface area contributed by atoms with E-state index in [1.54, 1.807) is 23.2 Å². The number of carbonyl (C=O) groups is 1. The van der Waals surface area contributed by atoms with Crippen LogP contribution in [0.4, 0.5) is 35.0 Å². The van der Waals surface area contributed by atoms with Gasteiger partial charge in [-0.15, -0.1) is 0 Å². The van der Waals surface area contributed by atoms with Gasteiger partial charge in [-0.05, 0) is 23.3 Å². The molecular formula is C22H16ClF4N7O. The molecule has 8 nitrogen and oxygen atoms in total. The van der Waals surface area contributed by atoms with E-state index in [2.05, 4.69) is 30.6 Å². The Balaban J connectivity index is 1.42. The minimum Gasteiger partial charge on any atom is -0.338 e. The molecule has 4 rings (SSSR count). The summed E-state index contributed by atoms with van der Waals surface area (Å²) in [5.74, 6) is -0.509. The summed E-state index contributed by atoms with van der Waals surface area (Å²) < 4.78 is 55.3. The Hall–Kier alpha value is -4.06. The molecule has 0 fully saturated rings. The second-order valence-electron chi connectivity index (χ2n) is 7.44. The topological polar surface area (TPSA) is 97.6 Å². The number of alkyl halides is 3. The molecule has 0 aliphatic rings. The number of carbonyl (C=O) groups excluding carboxylic acids is 1. The first-order valence-corrected chi connectivity index (χ1v) is 10.3. The number of hydrogen-bond donors (Lipinski definition) is 2. The normalized spacial score (nSPS) is 11.4. The standard InChI is InChI=1S/C22H16ClF4N7O/c1-34-10-18(31-11-34)33-21-29-7-14(8-30-21)12-2-3-13(17(24)4-12)5-19(35)32-15-6-16(22(25,26)27)20(23)28-9-15/h2-4,6-11H,5H2,1H3,(H,32,35)(H,29,30,33). The highest BCUT2D eigenvalue weighted by atomic mass is 35.5. The van der Waals surface area contributed by atoms with Crippen LogP contribution in [-0.4, -0.2) is 30.4 Å². The van der Waals surface area contributed by atoms with Crippen LogP contribution in [0.25, 0.3) is 11.1 Å². The fourth-order valence-corrected chi connectivity index (χ4v) is 3.31. The fraction of sp³-hybridized carbons (Fsp3) is 0.136. The highest BCUT2D eigenvalue weighted by molar-refractivity contribution is 6.30. The largest absolute Gasteiger partial charge is 0.419 e. The molecule has 3 heterocycles. The predicted molar refractivity (Wildman–Crippen MR) is 120 cm³/mol. The zero-order valence-electron chi connectivity index (χ0n) is 17.9. The van der Waals surface area contributed by atoms with Crippen molar-refractivity contribution in [3.05, 3.63) is 77.5 Å². The van der Waals surface area contributed by atoms with Crippen molar-refractivity contribution < 1.29 is 22.4 Å².